The predicted octanol–water partition coefficient (Wildman–Crippen LogP) is 2.20. The van der Waals surface area contributed by atoms with Gasteiger partial charge in [-0.2, -0.15) is 0 Å². The molecule has 0 aromatic rings. The zero-order valence-corrected chi connectivity index (χ0v) is 15.0. The Balaban J connectivity index is 2.33. The van der Waals surface area contributed by atoms with Crippen molar-refractivity contribution in [2.45, 2.75) is 70.6 Å². The van der Waals surface area contributed by atoms with Gasteiger partial charge in [-0.3, -0.25) is 9.69 Å². The van der Waals surface area contributed by atoms with Crippen LogP contribution >= 0.6 is 0 Å². The first kappa shape index (κ1) is 19.4. The van der Waals surface area contributed by atoms with Gasteiger partial charge in [0.05, 0.1) is 12.1 Å². The maximum Gasteiger partial charge on any atom is 0.237 e. The lowest BCUT2D eigenvalue weighted by molar-refractivity contribution is -0.127. The van der Waals surface area contributed by atoms with E-state index in [9.17, 15) is 4.79 Å². The summed E-state index contributed by atoms with van der Waals surface area (Å²) in [5, 5.41) is 3.09. The Hall–Kier alpha value is -0.650. The molecule has 2 unspecified atom stereocenters. The summed E-state index contributed by atoms with van der Waals surface area (Å²) in [6, 6.07) is -0.0709. The minimum atomic E-state index is -0.0709. The van der Waals surface area contributed by atoms with Crippen LogP contribution < -0.4 is 5.32 Å². The van der Waals surface area contributed by atoms with Crippen molar-refractivity contribution < 1.29 is 14.3 Å². The average molecular weight is 314 g/mol. The summed E-state index contributed by atoms with van der Waals surface area (Å²) in [5.74, 6) is 0.145. The molecule has 1 saturated heterocycles. The molecular formula is C17H34N2O3. The molecule has 0 radical (unpaired) electrons. The number of nitrogens with one attached hydrogen (secondary N) is 1. The van der Waals surface area contributed by atoms with Crippen LogP contribution in [0.15, 0.2) is 0 Å². The van der Waals surface area contributed by atoms with Gasteiger partial charge in [-0.1, -0.05) is 12.8 Å². The molecule has 1 aliphatic rings. The zero-order chi connectivity index (χ0) is 16.6. The molecule has 0 saturated carbocycles. The second-order valence-electron chi connectivity index (χ2n) is 7.13. The van der Waals surface area contributed by atoms with Crippen LogP contribution in [0.3, 0.4) is 0 Å². The molecule has 1 N–H and O–H groups in total. The average Bonchev–Trinajstić information content (AvgIpc) is 2.90. The van der Waals surface area contributed by atoms with E-state index in [1.54, 1.807) is 14.2 Å². The van der Waals surface area contributed by atoms with Crippen LogP contribution in [-0.4, -0.2) is 62.4 Å². The van der Waals surface area contributed by atoms with Gasteiger partial charge >= 0.3 is 0 Å². The fraction of sp³-hybridized carbons (Fsp3) is 0.941. The zero-order valence-electron chi connectivity index (χ0n) is 15.0. The summed E-state index contributed by atoms with van der Waals surface area (Å²) in [6.45, 7) is 8.88. The fourth-order valence-electron chi connectivity index (χ4n) is 3.01. The van der Waals surface area contributed by atoms with Crippen LogP contribution in [0.1, 0.15) is 52.9 Å². The van der Waals surface area contributed by atoms with E-state index in [4.69, 9.17) is 9.47 Å². The molecule has 1 fully saturated rings. The maximum absolute atomic E-state index is 12.5. The lowest BCUT2D eigenvalue weighted by Gasteiger charge is -2.36. The maximum atomic E-state index is 12.5. The number of carbonyl (C=O) groups excluding carboxylic acids is 1. The molecule has 1 rings (SSSR count). The van der Waals surface area contributed by atoms with Gasteiger partial charge in [0.2, 0.25) is 5.91 Å². The van der Waals surface area contributed by atoms with Crippen molar-refractivity contribution in [3.8, 4) is 0 Å². The Morgan fingerprint density at radius 1 is 1.18 bits per heavy atom. The van der Waals surface area contributed by atoms with E-state index in [0.29, 0.717) is 0 Å². The van der Waals surface area contributed by atoms with Crippen LogP contribution in [0.4, 0.5) is 0 Å². The molecule has 5 nitrogen and oxygen atoms in total. The molecule has 1 aliphatic heterocycles. The smallest absolute Gasteiger partial charge is 0.237 e. The van der Waals surface area contributed by atoms with Crippen molar-refractivity contribution >= 4 is 5.91 Å². The van der Waals surface area contributed by atoms with E-state index >= 15 is 0 Å². The fourth-order valence-corrected chi connectivity index (χ4v) is 3.01. The molecule has 22 heavy (non-hydrogen) atoms. The molecule has 130 valence electrons. The van der Waals surface area contributed by atoms with Crippen molar-refractivity contribution in [2.24, 2.45) is 0 Å². The highest BCUT2D eigenvalue weighted by molar-refractivity contribution is 5.82. The molecule has 0 aromatic carbocycles. The number of nitrogens with zero attached hydrogens (tertiary/aromatic N) is 1. The summed E-state index contributed by atoms with van der Waals surface area (Å²) in [4.78, 5) is 14.7. The predicted molar refractivity (Wildman–Crippen MR) is 89.0 cm³/mol. The molecule has 0 bridgehead atoms. The van der Waals surface area contributed by atoms with Gasteiger partial charge in [0.25, 0.3) is 0 Å². The van der Waals surface area contributed by atoms with Crippen molar-refractivity contribution in [1.29, 1.82) is 0 Å². The lowest BCUT2D eigenvalue weighted by Crippen LogP contribution is -2.51. The number of carbonyl (C=O) groups is 1. The third-order valence-corrected chi connectivity index (χ3v) is 4.33. The van der Waals surface area contributed by atoms with Gasteiger partial charge in [0.15, 0.2) is 0 Å². The number of methoxy groups -OCH3 is 2. The number of likely N-dealkylation sites (tertiary alicyclic amines) is 1. The van der Waals surface area contributed by atoms with Crippen molar-refractivity contribution in [2.75, 3.05) is 33.9 Å². The first-order valence-corrected chi connectivity index (χ1v) is 8.46. The summed E-state index contributed by atoms with van der Waals surface area (Å²) >= 11 is 0. The van der Waals surface area contributed by atoms with E-state index in [2.05, 4.69) is 31.0 Å². The summed E-state index contributed by atoms with van der Waals surface area (Å²) in [7, 11) is 3.46. The molecule has 0 spiro atoms. The molecular weight excluding hydrogens is 280 g/mol. The van der Waals surface area contributed by atoms with Crippen LogP contribution in [0.2, 0.25) is 0 Å². The number of amides is 1. The quantitative estimate of drug-likeness (QED) is 0.663. The highest BCUT2D eigenvalue weighted by atomic mass is 16.5. The van der Waals surface area contributed by atoms with E-state index in [0.717, 1.165) is 51.8 Å². The number of rotatable bonds is 9. The van der Waals surface area contributed by atoms with Gasteiger partial charge in [-0.05, 0) is 40.0 Å². The van der Waals surface area contributed by atoms with Crippen LogP contribution in [-0.2, 0) is 14.3 Å². The first-order chi connectivity index (χ1) is 10.4. The standard InChI is InChI=1S/C17H34N2O3/c1-17(2,3)19-13-14(22-5)12-15(19)16(20)18-10-8-6-7-9-11-21-4/h14-15H,6-13H2,1-5H3,(H,18,20). The number of hydrogen-bond donors (Lipinski definition) is 1. The molecule has 2 atom stereocenters. The number of ether oxygens (including phenoxy) is 2. The molecule has 0 aliphatic carbocycles. The van der Waals surface area contributed by atoms with Crippen LogP contribution in [0.25, 0.3) is 0 Å². The minimum absolute atomic E-state index is 0.0184. The van der Waals surface area contributed by atoms with E-state index < -0.39 is 0 Å². The minimum Gasteiger partial charge on any atom is -0.385 e. The molecule has 0 aromatic heterocycles. The van der Waals surface area contributed by atoms with Crippen LogP contribution in [0.5, 0.6) is 0 Å². The number of hydrogen-bond acceptors (Lipinski definition) is 4. The molecule has 5 heteroatoms. The third kappa shape index (κ3) is 6.23. The number of unbranched alkanes of at least 4 members (excludes halogenated alkanes) is 3. The van der Waals surface area contributed by atoms with Gasteiger partial charge in [0, 0.05) is 39.5 Å². The van der Waals surface area contributed by atoms with Gasteiger partial charge in [0.1, 0.15) is 0 Å². The van der Waals surface area contributed by atoms with Crippen molar-refractivity contribution in [3.05, 3.63) is 0 Å². The van der Waals surface area contributed by atoms with E-state index in [1.807, 2.05) is 0 Å². The second kappa shape index (κ2) is 9.48. The largest absolute Gasteiger partial charge is 0.385 e. The summed E-state index contributed by atoms with van der Waals surface area (Å²) in [6.07, 6.45) is 5.37. The summed E-state index contributed by atoms with van der Waals surface area (Å²) in [5.41, 5.74) is -0.0184. The molecule has 1 amide bonds. The Labute approximate surface area is 135 Å². The first-order valence-electron chi connectivity index (χ1n) is 8.46. The van der Waals surface area contributed by atoms with Gasteiger partial charge in [-0.15, -0.1) is 0 Å². The van der Waals surface area contributed by atoms with Crippen molar-refractivity contribution in [1.82, 2.24) is 10.2 Å². The Morgan fingerprint density at radius 2 is 1.86 bits per heavy atom. The monoisotopic (exact) mass is 314 g/mol. The third-order valence-electron chi connectivity index (χ3n) is 4.33. The Kier molecular flexibility index (Phi) is 8.36. The molecule has 1 heterocycles. The topological polar surface area (TPSA) is 50.8 Å². The highest BCUT2D eigenvalue weighted by Gasteiger charge is 2.41. The normalized spacial score (nSPS) is 23.0. The van der Waals surface area contributed by atoms with E-state index in [1.165, 1.54) is 0 Å². The Bertz CT molecular complexity index is 328. The summed E-state index contributed by atoms with van der Waals surface area (Å²) < 4.78 is 10.5. The second-order valence-corrected chi connectivity index (χ2v) is 7.13. The van der Waals surface area contributed by atoms with Gasteiger partial charge in [-0.25, -0.2) is 0 Å². The Morgan fingerprint density at radius 3 is 2.45 bits per heavy atom. The lowest BCUT2D eigenvalue weighted by atomic mass is 10.0. The SMILES string of the molecule is COCCCCCCNC(=O)C1CC(OC)CN1C(C)(C)C. The van der Waals surface area contributed by atoms with Crippen molar-refractivity contribution in [3.63, 3.8) is 0 Å². The van der Waals surface area contributed by atoms with Gasteiger partial charge < -0.3 is 14.8 Å². The van der Waals surface area contributed by atoms with E-state index in [-0.39, 0.29) is 23.6 Å². The highest BCUT2D eigenvalue weighted by Crippen LogP contribution is 2.28. The van der Waals surface area contributed by atoms with Crippen LogP contribution in [0, 0.1) is 0 Å².